The largest absolute Gasteiger partial charge is 0.467 e. The summed E-state index contributed by atoms with van der Waals surface area (Å²) in [6, 6.07) is 17.8. The second-order valence-electron chi connectivity index (χ2n) is 4.93. The third-order valence-electron chi connectivity index (χ3n) is 3.46. The van der Waals surface area contributed by atoms with Gasteiger partial charge in [0.05, 0.1) is 24.7 Å². The molecule has 108 valence electrons. The van der Waals surface area contributed by atoms with Crippen LogP contribution >= 0.6 is 0 Å². The quantitative estimate of drug-likeness (QED) is 0.624. The van der Waals surface area contributed by atoms with Crippen LogP contribution < -0.4 is 5.32 Å². The molecule has 5 heteroatoms. The highest BCUT2D eigenvalue weighted by Gasteiger charge is 2.07. The van der Waals surface area contributed by atoms with Crippen LogP contribution in [0.1, 0.15) is 5.76 Å². The number of fused-ring (bicyclic) bond motifs is 1. The summed E-state index contributed by atoms with van der Waals surface area (Å²) in [5.74, 6) is 1.65. The molecule has 0 unspecified atom stereocenters. The monoisotopic (exact) mass is 290 g/mol. The maximum absolute atomic E-state index is 5.31. The second-order valence-corrected chi connectivity index (χ2v) is 4.93. The van der Waals surface area contributed by atoms with Crippen LogP contribution in [0.5, 0.6) is 0 Å². The normalized spacial score (nSPS) is 10.9. The van der Waals surface area contributed by atoms with Gasteiger partial charge in [-0.2, -0.15) is 0 Å². The van der Waals surface area contributed by atoms with Gasteiger partial charge < -0.3 is 9.73 Å². The van der Waals surface area contributed by atoms with Gasteiger partial charge in [0.2, 0.25) is 0 Å². The molecule has 0 bridgehead atoms. The maximum atomic E-state index is 5.31. The summed E-state index contributed by atoms with van der Waals surface area (Å²) in [7, 11) is 0. The molecule has 5 nitrogen and oxygen atoms in total. The molecule has 1 N–H and O–H groups in total. The second kappa shape index (κ2) is 5.37. The minimum atomic E-state index is 0.598. The molecule has 4 aromatic rings. The van der Waals surface area contributed by atoms with Gasteiger partial charge in [0, 0.05) is 5.56 Å². The lowest BCUT2D eigenvalue weighted by Gasteiger charge is -2.06. The van der Waals surface area contributed by atoms with Crippen molar-refractivity contribution in [1.82, 2.24) is 14.6 Å². The predicted octanol–water partition coefficient (Wildman–Crippen LogP) is 3.60. The van der Waals surface area contributed by atoms with Crippen LogP contribution in [-0.4, -0.2) is 14.6 Å². The van der Waals surface area contributed by atoms with E-state index < -0.39 is 0 Å². The van der Waals surface area contributed by atoms with Gasteiger partial charge in [-0.15, -0.1) is 5.10 Å². The third kappa shape index (κ3) is 2.33. The zero-order chi connectivity index (χ0) is 14.8. The van der Waals surface area contributed by atoms with E-state index in [9.17, 15) is 0 Å². The zero-order valence-electron chi connectivity index (χ0n) is 11.8. The zero-order valence-corrected chi connectivity index (χ0v) is 11.8. The molecule has 0 amide bonds. The molecule has 0 aliphatic carbocycles. The lowest BCUT2D eigenvalue weighted by atomic mass is 10.2. The van der Waals surface area contributed by atoms with Crippen molar-refractivity contribution in [2.75, 3.05) is 5.32 Å². The molecular formula is C17H14N4O. The predicted molar refractivity (Wildman–Crippen MR) is 84.5 cm³/mol. The van der Waals surface area contributed by atoms with Crippen molar-refractivity contribution in [3.05, 3.63) is 72.8 Å². The number of nitrogens with zero attached hydrogens (tertiary/aromatic N) is 3. The summed E-state index contributed by atoms with van der Waals surface area (Å²) in [5.41, 5.74) is 2.88. The van der Waals surface area contributed by atoms with Crippen LogP contribution in [0.4, 0.5) is 5.82 Å². The molecule has 1 aromatic carbocycles. The number of hydrogen-bond acceptors (Lipinski definition) is 4. The minimum absolute atomic E-state index is 0.598. The smallest absolute Gasteiger partial charge is 0.154 e. The van der Waals surface area contributed by atoms with Gasteiger partial charge in [-0.05, 0) is 24.3 Å². The SMILES string of the molecule is c1ccc(-c2cnc3ccc(NCc4ccco4)nn23)cc1. The molecule has 4 rings (SSSR count). The summed E-state index contributed by atoms with van der Waals surface area (Å²) >= 11 is 0. The number of nitrogens with one attached hydrogen (secondary N) is 1. The number of imidazole rings is 1. The van der Waals surface area contributed by atoms with E-state index in [4.69, 9.17) is 4.42 Å². The molecule has 0 radical (unpaired) electrons. The molecule has 0 aliphatic rings. The summed E-state index contributed by atoms with van der Waals surface area (Å²) < 4.78 is 7.16. The number of aromatic nitrogens is 3. The molecule has 3 heterocycles. The average Bonchev–Trinajstić information content (AvgIpc) is 3.23. The Hall–Kier alpha value is -3.08. The standard InChI is InChI=1S/C17H14N4O/c1-2-5-13(6-3-1)15-12-19-17-9-8-16(20-21(15)17)18-11-14-7-4-10-22-14/h1-10,12H,11H2,(H,18,20). The van der Waals surface area contributed by atoms with E-state index in [1.807, 2.05) is 65.3 Å². The van der Waals surface area contributed by atoms with Crippen molar-refractivity contribution in [2.24, 2.45) is 0 Å². The van der Waals surface area contributed by atoms with Crippen molar-refractivity contribution >= 4 is 11.5 Å². The highest BCUT2D eigenvalue weighted by atomic mass is 16.3. The van der Waals surface area contributed by atoms with Gasteiger partial charge in [-0.25, -0.2) is 9.50 Å². The van der Waals surface area contributed by atoms with Gasteiger partial charge in [-0.1, -0.05) is 30.3 Å². The number of benzene rings is 1. The molecule has 0 atom stereocenters. The third-order valence-corrected chi connectivity index (χ3v) is 3.46. The summed E-state index contributed by atoms with van der Waals surface area (Å²) in [5, 5.41) is 7.87. The first-order valence-corrected chi connectivity index (χ1v) is 7.06. The van der Waals surface area contributed by atoms with Crippen molar-refractivity contribution in [1.29, 1.82) is 0 Å². The first-order chi connectivity index (χ1) is 10.9. The number of rotatable bonds is 4. The van der Waals surface area contributed by atoms with E-state index in [1.165, 1.54) is 0 Å². The van der Waals surface area contributed by atoms with Gasteiger partial charge in [0.25, 0.3) is 0 Å². The van der Waals surface area contributed by atoms with Crippen molar-refractivity contribution < 1.29 is 4.42 Å². The molecule has 0 saturated heterocycles. The lowest BCUT2D eigenvalue weighted by Crippen LogP contribution is -2.04. The molecule has 0 aliphatic heterocycles. The van der Waals surface area contributed by atoms with Gasteiger partial charge in [0.15, 0.2) is 5.65 Å². The van der Waals surface area contributed by atoms with E-state index in [1.54, 1.807) is 6.26 Å². The molecular weight excluding hydrogens is 276 g/mol. The highest BCUT2D eigenvalue weighted by molar-refractivity contribution is 5.63. The van der Waals surface area contributed by atoms with Gasteiger partial charge >= 0.3 is 0 Å². The minimum Gasteiger partial charge on any atom is -0.467 e. The molecule has 22 heavy (non-hydrogen) atoms. The van der Waals surface area contributed by atoms with Crippen LogP contribution in [-0.2, 0) is 6.54 Å². The Balaban J connectivity index is 1.67. The topological polar surface area (TPSA) is 55.4 Å². The molecule has 3 aromatic heterocycles. The van der Waals surface area contributed by atoms with E-state index >= 15 is 0 Å². The first-order valence-electron chi connectivity index (χ1n) is 7.06. The van der Waals surface area contributed by atoms with E-state index in [0.29, 0.717) is 6.54 Å². The van der Waals surface area contributed by atoms with Crippen LogP contribution in [0.3, 0.4) is 0 Å². The summed E-state index contributed by atoms with van der Waals surface area (Å²) in [4.78, 5) is 4.40. The highest BCUT2D eigenvalue weighted by Crippen LogP contribution is 2.20. The lowest BCUT2D eigenvalue weighted by molar-refractivity contribution is 0.517. The Morgan fingerprint density at radius 3 is 2.73 bits per heavy atom. The fourth-order valence-corrected chi connectivity index (χ4v) is 2.36. The van der Waals surface area contributed by atoms with Gasteiger partial charge in [-0.3, -0.25) is 0 Å². The summed E-state index contributed by atoms with van der Waals surface area (Å²) in [6.07, 6.45) is 3.50. The van der Waals surface area contributed by atoms with E-state index in [0.717, 1.165) is 28.5 Å². The molecule has 0 spiro atoms. The fraction of sp³-hybridized carbons (Fsp3) is 0.0588. The molecule has 0 fully saturated rings. The average molecular weight is 290 g/mol. The maximum Gasteiger partial charge on any atom is 0.154 e. The number of hydrogen-bond donors (Lipinski definition) is 1. The first kappa shape index (κ1) is 12.6. The van der Waals surface area contributed by atoms with Crippen LogP contribution in [0.2, 0.25) is 0 Å². The fourth-order valence-electron chi connectivity index (χ4n) is 2.36. The van der Waals surface area contributed by atoms with Crippen LogP contribution in [0, 0.1) is 0 Å². The Morgan fingerprint density at radius 2 is 1.91 bits per heavy atom. The number of furan rings is 1. The Kier molecular flexibility index (Phi) is 3.08. The summed E-state index contributed by atoms with van der Waals surface area (Å²) in [6.45, 7) is 0.598. The Labute approximate surface area is 127 Å². The van der Waals surface area contributed by atoms with E-state index in [-0.39, 0.29) is 0 Å². The van der Waals surface area contributed by atoms with Crippen molar-refractivity contribution in [3.63, 3.8) is 0 Å². The molecule has 0 saturated carbocycles. The Bertz CT molecular complexity index is 882. The van der Waals surface area contributed by atoms with E-state index in [2.05, 4.69) is 15.4 Å². The number of anilines is 1. The van der Waals surface area contributed by atoms with Crippen molar-refractivity contribution in [2.45, 2.75) is 6.54 Å². The van der Waals surface area contributed by atoms with Gasteiger partial charge in [0.1, 0.15) is 11.6 Å². The van der Waals surface area contributed by atoms with Crippen molar-refractivity contribution in [3.8, 4) is 11.3 Å². The Morgan fingerprint density at radius 1 is 1.00 bits per heavy atom. The van der Waals surface area contributed by atoms with Crippen LogP contribution in [0.15, 0.2) is 71.5 Å². The van der Waals surface area contributed by atoms with Crippen LogP contribution in [0.25, 0.3) is 16.9 Å².